The van der Waals surface area contributed by atoms with E-state index in [4.69, 9.17) is 4.74 Å². The Morgan fingerprint density at radius 2 is 1.96 bits per heavy atom. The van der Waals surface area contributed by atoms with Gasteiger partial charge in [0.15, 0.2) is 0 Å². The van der Waals surface area contributed by atoms with E-state index >= 15 is 0 Å². The normalized spacial score (nSPS) is 10.2. The molecule has 2 aromatic carbocycles. The van der Waals surface area contributed by atoms with Crippen molar-refractivity contribution in [2.45, 2.75) is 26.3 Å². The van der Waals surface area contributed by atoms with E-state index in [9.17, 15) is 14.9 Å². The fraction of sp³-hybridized carbons (Fsp3) is 0.278. The van der Waals surface area contributed by atoms with E-state index < -0.39 is 10.8 Å². The standard InChI is InChI=1S/C18H20N2O4/c1-2-3-11-24-15-9-10-17(20(22)23)16(12-15)18(21)19-13-14-7-5-4-6-8-14/h4-10,12H,2-3,11,13H2,1H3,(H,19,21). The van der Waals surface area contributed by atoms with Gasteiger partial charge >= 0.3 is 0 Å². The molecule has 6 nitrogen and oxygen atoms in total. The molecule has 0 heterocycles. The molecule has 0 bridgehead atoms. The first-order chi connectivity index (χ1) is 11.6. The van der Waals surface area contributed by atoms with Crippen LogP contribution in [0, 0.1) is 10.1 Å². The SMILES string of the molecule is CCCCOc1ccc([N+](=O)[O-])c(C(=O)NCc2ccccc2)c1. The van der Waals surface area contributed by atoms with E-state index in [1.54, 1.807) is 0 Å². The molecule has 24 heavy (non-hydrogen) atoms. The number of hydrogen-bond donors (Lipinski definition) is 1. The molecule has 0 aliphatic heterocycles. The number of nitrogens with one attached hydrogen (secondary N) is 1. The minimum Gasteiger partial charge on any atom is -0.494 e. The number of benzene rings is 2. The van der Waals surface area contributed by atoms with Crippen molar-refractivity contribution in [2.75, 3.05) is 6.61 Å². The van der Waals surface area contributed by atoms with Crippen LogP contribution in [-0.2, 0) is 6.54 Å². The lowest BCUT2D eigenvalue weighted by molar-refractivity contribution is -0.385. The summed E-state index contributed by atoms with van der Waals surface area (Å²) in [6.45, 7) is 2.86. The predicted octanol–water partition coefficient (Wildman–Crippen LogP) is 3.70. The predicted molar refractivity (Wildman–Crippen MR) is 91.1 cm³/mol. The molecule has 0 spiro atoms. The van der Waals surface area contributed by atoms with Gasteiger partial charge in [-0.05, 0) is 24.1 Å². The topological polar surface area (TPSA) is 81.5 Å². The van der Waals surface area contributed by atoms with Crippen molar-refractivity contribution >= 4 is 11.6 Å². The molecule has 0 radical (unpaired) electrons. The molecule has 2 aromatic rings. The zero-order chi connectivity index (χ0) is 17.4. The molecule has 6 heteroatoms. The Labute approximate surface area is 140 Å². The summed E-state index contributed by atoms with van der Waals surface area (Å²) in [7, 11) is 0. The molecule has 1 amide bonds. The third kappa shape index (κ3) is 4.81. The second kappa shape index (κ2) is 8.67. The molecule has 0 unspecified atom stereocenters. The first kappa shape index (κ1) is 17.5. The molecule has 2 rings (SSSR count). The highest BCUT2D eigenvalue weighted by Gasteiger charge is 2.21. The van der Waals surface area contributed by atoms with Crippen LogP contribution in [0.4, 0.5) is 5.69 Å². The van der Waals surface area contributed by atoms with Crippen molar-refractivity contribution in [3.05, 3.63) is 69.8 Å². The molecule has 0 aliphatic carbocycles. The van der Waals surface area contributed by atoms with E-state index in [-0.39, 0.29) is 11.3 Å². The summed E-state index contributed by atoms with van der Waals surface area (Å²) in [6.07, 6.45) is 1.87. The summed E-state index contributed by atoms with van der Waals surface area (Å²) in [4.78, 5) is 22.9. The molecular weight excluding hydrogens is 308 g/mol. The van der Waals surface area contributed by atoms with Gasteiger partial charge in [-0.15, -0.1) is 0 Å². The number of nitrogens with zero attached hydrogens (tertiary/aromatic N) is 1. The second-order valence-electron chi connectivity index (χ2n) is 5.31. The fourth-order valence-corrected chi connectivity index (χ4v) is 2.15. The van der Waals surface area contributed by atoms with Crippen molar-refractivity contribution < 1.29 is 14.5 Å². The molecule has 0 fully saturated rings. The maximum Gasteiger partial charge on any atom is 0.282 e. The van der Waals surface area contributed by atoms with Crippen molar-refractivity contribution in [3.8, 4) is 5.75 Å². The Hall–Kier alpha value is -2.89. The molecule has 1 N–H and O–H groups in total. The molecule has 0 atom stereocenters. The van der Waals surface area contributed by atoms with Crippen LogP contribution >= 0.6 is 0 Å². The van der Waals surface area contributed by atoms with Gasteiger partial charge in [0.25, 0.3) is 11.6 Å². The molecule has 126 valence electrons. The Morgan fingerprint density at radius 1 is 1.21 bits per heavy atom. The highest BCUT2D eigenvalue weighted by Crippen LogP contribution is 2.24. The van der Waals surface area contributed by atoms with Gasteiger partial charge < -0.3 is 10.1 Å². The van der Waals surface area contributed by atoms with Crippen LogP contribution in [0.5, 0.6) is 5.75 Å². The zero-order valence-corrected chi connectivity index (χ0v) is 13.5. The number of hydrogen-bond acceptors (Lipinski definition) is 4. The third-order valence-corrected chi connectivity index (χ3v) is 3.47. The van der Waals surface area contributed by atoms with Crippen LogP contribution in [-0.4, -0.2) is 17.4 Å². The lowest BCUT2D eigenvalue weighted by atomic mass is 10.1. The summed E-state index contributed by atoms with van der Waals surface area (Å²) < 4.78 is 5.53. The van der Waals surface area contributed by atoms with E-state index in [1.807, 2.05) is 37.3 Å². The maximum absolute atomic E-state index is 12.4. The summed E-state index contributed by atoms with van der Waals surface area (Å²) in [6, 6.07) is 13.6. The summed E-state index contributed by atoms with van der Waals surface area (Å²) in [5.74, 6) is -0.0367. The molecule has 0 aliphatic rings. The number of amides is 1. The number of rotatable bonds is 8. The Morgan fingerprint density at radius 3 is 2.62 bits per heavy atom. The Kier molecular flexibility index (Phi) is 6.31. The van der Waals surface area contributed by atoms with E-state index in [0.29, 0.717) is 18.9 Å². The van der Waals surface area contributed by atoms with Crippen LogP contribution in [0.25, 0.3) is 0 Å². The van der Waals surface area contributed by atoms with Crippen LogP contribution in [0.3, 0.4) is 0 Å². The van der Waals surface area contributed by atoms with Gasteiger partial charge in [0.05, 0.1) is 11.5 Å². The highest BCUT2D eigenvalue weighted by molar-refractivity contribution is 5.98. The maximum atomic E-state index is 12.4. The van der Waals surface area contributed by atoms with Gasteiger partial charge in [-0.25, -0.2) is 0 Å². The van der Waals surface area contributed by atoms with Crippen LogP contribution < -0.4 is 10.1 Å². The van der Waals surface area contributed by atoms with Crippen LogP contribution in [0.1, 0.15) is 35.7 Å². The summed E-state index contributed by atoms with van der Waals surface area (Å²) in [5.41, 5.74) is 0.692. The number of carbonyl (C=O) groups excluding carboxylic acids is 1. The van der Waals surface area contributed by atoms with Crippen molar-refractivity contribution in [3.63, 3.8) is 0 Å². The monoisotopic (exact) mass is 328 g/mol. The van der Waals surface area contributed by atoms with E-state index in [2.05, 4.69) is 5.32 Å². The zero-order valence-electron chi connectivity index (χ0n) is 13.5. The van der Waals surface area contributed by atoms with Gasteiger partial charge in [0.1, 0.15) is 11.3 Å². The fourth-order valence-electron chi connectivity index (χ4n) is 2.15. The van der Waals surface area contributed by atoms with Crippen molar-refractivity contribution in [2.24, 2.45) is 0 Å². The number of ether oxygens (including phenoxy) is 1. The van der Waals surface area contributed by atoms with Gasteiger partial charge in [-0.1, -0.05) is 43.7 Å². The number of nitro benzene ring substituents is 1. The Bertz CT molecular complexity index is 701. The smallest absolute Gasteiger partial charge is 0.282 e. The lowest BCUT2D eigenvalue weighted by Gasteiger charge is -2.09. The van der Waals surface area contributed by atoms with Crippen molar-refractivity contribution in [1.82, 2.24) is 5.32 Å². The van der Waals surface area contributed by atoms with Crippen LogP contribution in [0.15, 0.2) is 48.5 Å². The van der Waals surface area contributed by atoms with E-state index in [0.717, 1.165) is 18.4 Å². The molecule has 0 saturated heterocycles. The van der Waals surface area contributed by atoms with Gasteiger partial charge in [-0.2, -0.15) is 0 Å². The first-order valence-electron chi connectivity index (χ1n) is 7.85. The quantitative estimate of drug-likeness (QED) is 0.455. The largest absolute Gasteiger partial charge is 0.494 e. The minimum atomic E-state index is -0.562. The average molecular weight is 328 g/mol. The Balaban J connectivity index is 2.13. The second-order valence-corrected chi connectivity index (χ2v) is 5.31. The molecule has 0 aromatic heterocycles. The van der Waals surface area contributed by atoms with Gasteiger partial charge in [-0.3, -0.25) is 14.9 Å². The summed E-state index contributed by atoms with van der Waals surface area (Å²) in [5, 5.41) is 13.9. The van der Waals surface area contributed by atoms with Gasteiger partial charge in [0.2, 0.25) is 0 Å². The van der Waals surface area contributed by atoms with Crippen molar-refractivity contribution in [1.29, 1.82) is 0 Å². The van der Waals surface area contributed by atoms with Crippen LogP contribution in [0.2, 0.25) is 0 Å². The first-order valence-corrected chi connectivity index (χ1v) is 7.85. The number of nitro groups is 1. The van der Waals surface area contributed by atoms with Gasteiger partial charge in [0, 0.05) is 12.6 Å². The highest BCUT2D eigenvalue weighted by atomic mass is 16.6. The third-order valence-electron chi connectivity index (χ3n) is 3.47. The number of unbranched alkanes of at least 4 members (excludes halogenated alkanes) is 1. The average Bonchev–Trinajstić information content (AvgIpc) is 2.60. The molecule has 0 saturated carbocycles. The lowest BCUT2D eigenvalue weighted by Crippen LogP contribution is -2.23. The number of carbonyl (C=O) groups is 1. The minimum absolute atomic E-state index is 0.00456. The van der Waals surface area contributed by atoms with E-state index in [1.165, 1.54) is 18.2 Å². The molecular formula is C18H20N2O4. The summed E-state index contributed by atoms with van der Waals surface area (Å²) >= 11 is 0.